The molecule has 0 bridgehead atoms. The van der Waals surface area contributed by atoms with Gasteiger partial charge < -0.3 is 34.6 Å². The molecule has 4 aliphatic heterocycles. The van der Waals surface area contributed by atoms with E-state index < -0.39 is 53.6 Å². The number of anilines is 2. The third-order valence-corrected chi connectivity index (χ3v) is 11.1. The van der Waals surface area contributed by atoms with Crippen LogP contribution in [0.5, 0.6) is 0 Å². The highest BCUT2D eigenvalue weighted by molar-refractivity contribution is 6.05. The van der Waals surface area contributed by atoms with Crippen molar-refractivity contribution in [2.45, 2.75) is 76.9 Å². The van der Waals surface area contributed by atoms with Crippen molar-refractivity contribution in [2.75, 3.05) is 42.6 Å². The number of amides is 3. The summed E-state index contributed by atoms with van der Waals surface area (Å²) in [5.74, 6) is -3.93. The number of carbonyl (C=O) groups excluding carboxylic acids is 4. The molecule has 0 unspecified atom stereocenters. The lowest BCUT2D eigenvalue weighted by atomic mass is 9.77. The Hall–Kier alpha value is -4.48. The van der Waals surface area contributed by atoms with Crippen LogP contribution in [0.15, 0.2) is 78.9 Å². The van der Waals surface area contributed by atoms with E-state index in [1.165, 1.54) is 4.90 Å². The number of allylic oxidation sites excluding steroid dienone is 1. The van der Waals surface area contributed by atoms with Gasteiger partial charge in [0.25, 0.3) is 5.91 Å². The maximum atomic E-state index is 15.0. The van der Waals surface area contributed by atoms with Crippen LogP contribution < -0.4 is 15.1 Å². The zero-order valence-corrected chi connectivity index (χ0v) is 29.9. The Balaban J connectivity index is 1.44. The largest absolute Gasteiger partial charge is 0.455 e. The summed E-state index contributed by atoms with van der Waals surface area (Å²) in [5.41, 5.74) is 0.896. The van der Waals surface area contributed by atoms with E-state index in [4.69, 9.17) is 9.47 Å². The molecule has 2 saturated heterocycles. The molecule has 0 aliphatic carbocycles. The monoisotopic (exact) mass is 698 g/mol. The number of nitrogens with one attached hydrogen (secondary N) is 1. The van der Waals surface area contributed by atoms with E-state index in [1.807, 2.05) is 74.5 Å². The van der Waals surface area contributed by atoms with Gasteiger partial charge in [-0.15, -0.1) is 0 Å². The first kappa shape index (κ1) is 36.3. The number of likely N-dealkylation sites (tertiary alicyclic amines) is 1. The van der Waals surface area contributed by atoms with Crippen LogP contribution in [0.1, 0.15) is 58.6 Å². The van der Waals surface area contributed by atoms with E-state index in [0.29, 0.717) is 24.1 Å². The number of carbonyl (C=O) groups is 4. The summed E-state index contributed by atoms with van der Waals surface area (Å²) in [6, 6.07) is 15.1. The molecule has 2 N–H and O–H groups in total. The summed E-state index contributed by atoms with van der Waals surface area (Å²) in [6.07, 6.45) is 6.72. The molecule has 2 fully saturated rings. The van der Waals surface area contributed by atoms with Gasteiger partial charge >= 0.3 is 5.97 Å². The molecule has 6 rings (SSSR count). The molecule has 4 aliphatic rings. The molecule has 11 nitrogen and oxygen atoms in total. The molecule has 2 aromatic carbocycles. The molecule has 3 amide bonds. The van der Waals surface area contributed by atoms with E-state index in [9.17, 15) is 19.5 Å². The first-order valence-corrected chi connectivity index (χ1v) is 18.3. The van der Waals surface area contributed by atoms with Gasteiger partial charge in [-0.2, -0.15) is 0 Å². The summed E-state index contributed by atoms with van der Waals surface area (Å²) in [7, 11) is 0. The maximum Gasteiger partial charge on any atom is 0.313 e. The Kier molecular flexibility index (Phi) is 11.0. The van der Waals surface area contributed by atoms with Crippen molar-refractivity contribution in [3.05, 3.63) is 84.5 Å². The molecule has 0 radical (unpaired) electrons. The van der Waals surface area contributed by atoms with E-state index in [2.05, 4.69) is 24.1 Å². The van der Waals surface area contributed by atoms with Crippen molar-refractivity contribution >= 4 is 35.1 Å². The molecule has 2 aromatic rings. The number of hydrogen-bond acceptors (Lipinski definition) is 8. The minimum Gasteiger partial charge on any atom is -0.455 e. The molecular weight excluding hydrogens is 648 g/mol. The minimum absolute atomic E-state index is 0.0655. The number of ether oxygens (including phenoxy) is 2. The summed E-state index contributed by atoms with van der Waals surface area (Å²) >= 11 is 0. The van der Waals surface area contributed by atoms with Crippen molar-refractivity contribution < 1.29 is 33.8 Å². The fourth-order valence-corrected chi connectivity index (χ4v) is 8.18. The Morgan fingerprint density at radius 2 is 1.71 bits per heavy atom. The molecule has 4 heterocycles. The standard InChI is InChI=1S/C40H50N4O7/c1-5-26(4)30(25-45)44-36-38(48)43(29-20-18-28(19-21-29)42(6-2)7-3)23-13-22-40(36)35(37(44)47)34-31(51-40)16-11-12-17-33(46)41-24-32(50-39(34)49)27-14-9-8-10-15-27/h8-11,13-16,18-22,26,30-32,34-36,45H,5-7,12,17,23-25H2,1-4H3,(H,41,46)/b16-11-/t26-,30-,31-,32+,34+,35+,36-,40+/m0/s1. The van der Waals surface area contributed by atoms with E-state index in [0.717, 1.165) is 18.8 Å². The SMILES string of the molecule is CC[C@H](C)[C@H](CO)N1C(=O)[C@H]2[C@@H]3C(=O)O[C@@H](c4ccccc4)CNC(=O)CC/C=C\[C@@H]3O[C@]23C=CCN(c2ccc(N(CC)CC)cc2)C(=O)[C@H]13. The van der Waals surface area contributed by atoms with E-state index >= 15 is 4.79 Å². The van der Waals surface area contributed by atoms with E-state index in [1.54, 1.807) is 23.1 Å². The number of fused-ring (bicyclic) bond motifs is 2. The number of nitrogens with zero attached hydrogens (tertiary/aromatic N) is 3. The lowest BCUT2D eigenvalue weighted by molar-refractivity contribution is -0.160. The third kappa shape index (κ3) is 6.69. The average molecular weight is 699 g/mol. The Morgan fingerprint density at radius 1 is 0.980 bits per heavy atom. The second-order valence-electron chi connectivity index (χ2n) is 13.9. The van der Waals surface area contributed by atoms with Gasteiger partial charge in [-0.25, -0.2) is 0 Å². The maximum absolute atomic E-state index is 15.0. The van der Waals surface area contributed by atoms with Crippen molar-refractivity contribution in [2.24, 2.45) is 17.8 Å². The number of cyclic esters (lactones) is 1. The van der Waals surface area contributed by atoms with Crippen LogP contribution in [0, 0.1) is 17.8 Å². The number of hydrogen-bond donors (Lipinski definition) is 2. The van der Waals surface area contributed by atoms with Crippen LogP contribution in [0.4, 0.5) is 11.4 Å². The number of benzene rings is 2. The van der Waals surface area contributed by atoms with Gasteiger partial charge in [0.1, 0.15) is 23.7 Å². The topological polar surface area (TPSA) is 129 Å². The highest BCUT2D eigenvalue weighted by atomic mass is 16.6. The van der Waals surface area contributed by atoms with Crippen molar-refractivity contribution in [3.8, 4) is 0 Å². The number of rotatable bonds is 9. The van der Waals surface area contributed by atoms with Gasteiger partial charge in [0.05, 0.1) is 31.2 Å². The molecular formula is C40H50N4O7. The smallest absolute Gasteiger partial charge is 0.313 e. The van der Waals surface area contributed by atoms with Crippen molar-refractivity contribution in [1.82, 2.24) is 10.2 Å². The lowest BCUT2D eigenvalue weighted by Crippen LogP contribution is -2.59. The van der Waals surface area contributed by atoms with Crippen molar-refractivity contribution in [1.29, 1.82) is 0 Å². The first-order chi connectivity index (χ1) is 24.7. The quantitative estimate of drug-likeness (QED) is 0.295. The normalized spacial score (nSPS) is 29.8. The second-order valence-corrected chi connectivity index (χ2v) is 13.9. The lowest BCUT2D eigenvalue weighted by Gasteiger charge is -2.40. The molecule has 11 heteroatoms. The summed E-state index contributed by atoms with van der Waals surface area (Å²) in [6.45, 7) is 9.74. The number of aliphatic hydroxyl groups is 1. The fraction of sp³-hybridized carbons (Fsp3) is 0.500. The first-order valence-electron chi connectivity index (χ1n) is 18.3. The third-order valence-electron chi connectivity index (χ3n) is 11.1. The van der Waals surface area contributed by atoms with Crippen LogP contribution in [-0.4, -0.2) is 90.3 Å². The summed E-state index contributed by atoms with van der Waals surface area (Å²) in [5, 5.41) is 13.7. The molecule has 8 atom stereocenters. The minimum atomic E-state index is -1.51. The highest BCUT2D eigenvalue weighted by Crippen LogP contribution is 2.54. The summed E-state index contributed by atoms with van der Waals surface area (Å²) in [4.78, 5) is 62.5. The van der Waals surface area contributed by atoms with Gasteiger partial charge in [0, 0.05) is 37.4 Å². The molecule has 0 saturated carbocycles. The molecule has 272 valence electrons. The van der Waals surface area contributed by atoms with E-state index in [-0.39, 0.29) is 43.8 Å². The van der Waals surface area contributed by atoms with Crippen LogP contribution in [0.25, 0.3) is 0 Å². The van der Waals surface area contributed by atoms with Crippen LogP contribution >= 0.6 is 0 Å². The van der Waals surface area contributed by atoms with Gasteiger partial charge in [0.15, 0.2) is 0 Å². The van der Waals surface area contributed by atoms with Crippen molar-refractivity contribution in [3.63, 3.8) is 0 Å². The number of aliphatic hydroxyl groups excluding tert-OH is 1. The molecule has 51 heavy (non-hydrogen) atoms. The van der Waals surface area contributed by atoms with Crippen LogP contribution in [0.2, 0.25) is 0 Å². The van der Waals surface area contributed by atoms with Gasteiger partial charge in [-0.1, -0.05) is 74.9 Å². The highest BCUT2D eigenvalue weighted by Gasteiger charge is 2.72. The predicted octanol–water partition coefficient (Wildman–Crippen LogP) is 4.17. The molecule has 1 spiro atoms. The average Bonchev–Trinajstić information content (AvgIpc) is 3.53. The Morgan fingerprint density at radius 3 is 2.37 bits per heavy atom. The Bertz CT molecular complexity index is 1640. The van der Waals surface area contributed by atoms with Crippen LogP contribution in [-0.2, 0) is 28.7 Å². The zero-order valence-electron chi connectivity index (χ0n) is 29.9. The molecule has 0 aromatic heterocycles. The predicted molar refractivity (Wildman–Crippen MR) is 194 cm³/mol. The number of esters is 1. The second kappa shape index (κ2) is 15.4. The van der Waals surface area contributed by atoms with Gasteiger partial charge in [-0.05, 0) is 56.0 Å². The van der Waals surface area contributed by atoms with Gasteiger partial charge in [-0.3, -0.25) is 19.2 Å². The Labute approximate surface area is 300 Å². The zero-order chi connectivity index (χ0) is 36.3. The van der Waals surface area contributed by atoms with Gasteiger partial charge in [0.2, 0.25) is 11.8 Å². The van der Waals surface area contributed by atoms with Crippen LogP contribution in [0.3, 0.4) is 0 Å². The summed E-state index contributed by atoms with van der Waals surface area (Å²) < 4.78 is 13.1. The fourth-order valence-electron chi connectivity index (χ4n) is 8.18.